The van der Waals surface area contributed by atoms with E-state index in [1.165, 1.54) is 6.92 Å². The summed E-state index contributed by atoms with van der Waals surface area (Å²) in [6.07, 6.45) is -0.975. The first-order valence-corrected chi connectivity index (χ1v) is 8.34. The highest BCUT2D eigenvalue weighted by Gasteiger charge is 2.22. The number of carbonyl (C=O) groups is 2. The van der Waals surface area contributed by atoms with Crippen LogP contribution in [0.15, 0.2) is 36.4 Å². The van der Waals surface area contributed by atoms with Crippen LogP contribution in [0.5, 0.6) is 0 Å². The van der Waals surface area contributed by atoms with E-state index in [2.05, 4.69) is 5.32 Å². The smallest absolute Gasteiger partial charge is 0.257 e. The maximum Gasteiger partial charge on any atom is 0.257 e. The summed E-state index contributed by atoms with van der Waals surface area (Å²) in [4.78, 5) is 25.5. The molecule has 2 aromatic rings. The molecule has 0 bridgehead atoms. The molecule has 0 radical (unpaired) electrons. The molecule has 0 aromatic heterocycles. The van der Waals surface area contributed by atoms with E-state index < -0.39 is 52.3 Å². The van der Waals surface area contributed by atoms with Crippen LogP contribution in [-0.2, 0) is 0 Å². The molecule has 2 N–H and O–H groups in total. The van der Waals surface area contributed by atoms with Crippen LogP contribution in [0.1, 0.15) is 27.6 Å². The van der Waals surface area contributed by atoms with E-state index in [4.69, 9.17) is 0 Å². The molecule has 2 aromatic carbocycles. The molecule has 1 atom stereocenters. The largest absolute Gasteiger partial charge is 0.392 e. The fourth-order valence-electron chi connectivity index (χ4n) is 2.50. The maximum absolute atomic E-state index is 13.8. The van der Waals surface area contributed by atoms with Crippen LogP contribution in [0.2, 0.25) is 0 Å². The van der Waals surface area contributed by atoms with Crippen molar-refractivity contribution in [2.75, 3.05) is 19.6 Å². The minimum atomic E-state index is -0.975. The van der Waals surface area contributed by atoms with Crippen molar-refractivity contribution in [2.24, 2.45) is 0 Å². The van der Waals surface area contributed by atoms with Crippen molar-refractivity contribution >= 4 is 11.8 Å². The molecular formula is C19H18F4N2O3. The first-order valence-electron chi connectivity index (χ1n) is 8.34. The van der Waals surface area contributed by atoms with E-state index in [1.54, 1.807) is 0 Å². The van der Waals surface area contributed by atoms with Crippen LogP contribution in [0.3, 0.4) is 0 Å². The van der Waals surface area contributed by atoms with E-state index in [0.717, 1.165) is 41.3 Å². The zero-order valence-corrected chi connectivity index (χ0v) is 14.9. The van der Waals surface area contributed by atoms with Crippen molar-refractivity contribution in [3.8, 4) is 0 Å². The lowest BCUT2D eigenvalue weighted by Gasteiger charge is -2.24. The van der Waals surface area contributed by atoms with Gasteiger partial charge in [0.2, 0.25) is 0 Å². The number of benzene rings is 2. The Balaban J connectivity index is 2.08. The molecule has 0 fully saturated rings. The zero-order valence-electron chi connectivity index (χ0n) is 14.9. The monoisotopic (exact) mass is 398 g/mol. The van der Waals surface area contributed by atoms with Gasteiger partial charge in [-0.15, -0.1) is 0 Å². The van der Waals surface area contributed by atoms with Crippen LogP contribution < -0.4 is 5.32 Å². The predicted octanol–water partition coefficient (Wildman–Crippen LogP) is 2.50. The molecule has 0 saturated carbocycles. The van der Waals surface area contributed by atoms with Gasteiger partial charge in [0.05, 0.1) is 17.2 Å². The maximum atomic E-state index is 13.8. The Morgan fingerprint density at radius 3 is 2.11 bits per heavy atom. The second kappa shape index (κ2) is 9.32. The van der Waals surface area contributed by atoms with Crippen molar-refractivity contribution < 1.29 is 32.3 Å². The van der Waals surface area contributed by atoms with Crippen molar-refractivity contribution in [3.05, 3.63) is 70.8 Å². The third kappa shape index (κ3) is 5.53. The standard InChI is InChI=1S/C19H18F4N2O3/c1-11(26)10-25(19(28)15-9-13(21)3-5-17(15)23)7-6-24-18(27)14-8-12(20)2-4-16(14)22/h2-5,8-9,11,26H,6-7,10H2,1H3,(H,24,27). The molecular weight excluding hydrogens is 380 g/mol. The molecule has 2 amide bonds. The highest BCUT2D eigenvalue weighted by molar-refractivity contribution is 5.95. The summed E-state index contributed by atoms with van der Waals surface area (Å²) >= 11 is 0. The van der Waals surface area contributed by atoms with Crippen molar-refractivity contribution in [2.45, 2.75) is 13.0 Å². The van der Waals surface area contributed by atoms with E-state index in [-0.39, 0.29) is 19.6 Å². The number of hydrogen-bond donors (Lipinski definition) is 2. The molecule has 0 saturated heterocycles. The summed E-state index contributed by atoms with van der Waals surface area (Å²) in [5.74, 6) is -5.25. The number of carbonyl (C=O) groups excluding carboxylic acids is 2. The molecule has 0 heterocycles. The topological polar surface area (TPSA) is 69.6 Å². The quantitative estimate of drug-likeness (QED) is 0.705. The van der Waals surface area contributed by atoms with Crippen molar-refractivity contribution in [1.82, 2.24) is 10.2 Å². The molecule has 0 aliphatic carbocycles. The summed E-state index contributed by atoms with van der Waals surface area (Å²) in [5.41, 5.74) is -1.03. The molecule has 150 valence electrons. The number of hydrogen-bond acceptors (Lipinski definition) is 3. The van der Waals surface area contributed by atoms with Crippen LogP contribution in [-0.4, -0.2) is 47.6 Å². The molecule has 9 heteroatoms. The number of nitrogens with zero attached hydrogens (tertiary/aromatic N) is 1. The Morgan fingerprint density at radius 2 is 1.54 bits per heavy atom. The van der Waals surface area contributed by atoms with Gasteiger partial charge < -0.3 is 15.3 Å². The third-order valence-corrected chi connectivity index (χ3v) is 3.77. The summed E-state index contributed by atoms with van der Waals surface area (Å²) in [5, 5.41) is 11.9. The van der Waals surface area contributed by atoms with Gasteiger partial charge in [-0.3, -0.25) is 9.59 Å². The lowest BCUT2D eigenvalue weighted by atomic mass is 10.1. The number of rotatable bonds is 7. The molecule has 2 rings (SSSR count). The fourth-order valence-corrected chi connectivity index (χ4v) is 2.50. The lowest BCUT2D eigenvalue weighted by molar-refractivity contribution is 0.0639. The number of amides is 2. The summed E-state index contributed by atoms with van der Waals surface area (Å²) in [6.45, 7) is 0.814. The molecule has 28 heavy (non-hydrogen) atoms. The van der Waals surface area contributed by atoms with Crippen molar-refractivity contribution in [1.29, 1.82) is 0 Å². The predicted molar refractivity (Wildman–Crippen MR) is 92.6 cm³/mol. The number of nitrogens with one attached hydrogen (secondary N) is 1. The SMILES string of the molecule is CC(O)CN(CCNC(=O)c1cc(F)ccc1F)C(=O)c1cc(F)ccc1F. The number of halogens is 4. The van der Waals surface area contributed by atoms with E-state index in [9.17, 15) is 32.3 Å². The normalized spacial score (nSPS) is 11.8. The van der Waals surface area contributed by atoms with Gasteiger partial charge >= 0.3 is 0 Å². The molecule has 0 spiro atoms. The fraction of sp³-hybridized carbons (Fsp3) is 0.263. The molecule has 0 aliphatic heterocycles. The van der Waals surface area contributed by atoms with Gasteiger partial charge in [0.1, 0.15) is 23.3 Å². The minimum absolute atomic E-state index is 0.178. The first-order chi connectivity index (χ1) is 13.2. The van der Waals surface area contributed by atoms with Gasteiger partial charge in [-0.1, -0.05) is 0 Å². The average Bonchev–Trinajstić information content (AvgIpc) is 2.63. The summed E-state index contributed by atoms with van der Waals surface area (Å²) in [7, 11) is 0. The number of aliphatic hydroxyl groups excluding tert-OH is 1. The third-order valence-electron chi connectivity index (χ3n) is 3.77. The lowest BCUT2D eigenvalue weighted by Crippen LogP contribution is -2.42. The summed E-state index contributed by atoms with van der Waals surface area (Å²) < 4.78 is 54.0. The van der Waals surface area contributed by atoms with Crippen LogP contribution in [0.25, 0.3) is 0 Å². The Bertz CT molecular complexity index is 874. The summed E-state index contributed by atoms with van der Waals surface area (Å²) in [6, 6.07) is 4.79. The molecule has 1 unspecified atom stereocenters. The zero-order chi connectivity index (χ0) is 20.8. The second-order valence-corrected chi connectivity index (χ2v) is 6.10. The van der Waals surface area contributed by atoms with Crippen LogP contribution >= 0.6 is 0 Å². The highest BCUT2D eigenvalue weighted by Crippen LogP contribution is 2.13. The van der Waals surface area contributed by atoms with Crippen molar-refractivity contribution in [3.63, 3.8) is 0 Å². The van der Waals surface area contributed by atoms with E-state index in [1.807, 2.05) is 0 Å². The minimum Gasteiger partial charge on any atom is -0.392 e. The van der Waals surface area contributed by atoms with Crippen LogP contribution in [0, 0.1) is 23.3 Å². The second-order valence-electron chi connectivity index (χ2n) is 6.10. The van der Waals surface area contributed by atoms with Gasteiger partial charge in [0.25, 0.3) is 11.8 Å². The Labute approximate surface area is 158 Å². The molecule has 0 aliphatic rings. The van der Waals surface area contributed by atoms with E-state index >= 15 is 0 Å². The average molecular weight is 398 g/mol. The Morgan fingerprint density at radius 1 is 1.00 bits per heavy atom. The van der Waals surface area contributed by atoms with Gasteiger partial charge in [0.15, 0.2) is 0 Å². The van der Waals surface area contributed by atoms with Gasteiger partial charge in [-0.25, -0.2) is 17.6 Å². The van der Waals surface area contributed by atoms with Gasteiger partial charge in [-0.05, 0) is 43.3 Å². The van der Waals surface area contributed by atoms with E-state index in [0.29, 0.717) is 0 Å². The first kappa shape index (κ1) is 21.4. The Hall–Kier alpha value is -2.94. The Kier molecular flexibility index (Phi) is 7.11. The number of aliphatic hydroxyl groups is 1. The van der Waals surface area contributed by atoms with Gasteiger partial charge in [0, 0.05) is 19.6 Å². The van der Waals surface area contributed by atoms with Crippen LogP contribution in [0.4, 0.5) is 17.6 Å². The highest BCUT2D eigenvalue weighted by atomic mass is 19.1. The molecule has 5 nitrogen and oxygen atoms in total. The van der Waals surface area contributed by atoms with Gasteiger partial charge in [-0.2, -0.15) is 0 Å².